The van der Waals surface area contributed by atoms with Gasteiger partial charge in [0.05, 0.1) is 0 Å². The fourth-order valence-corrected chi connectivity index (χ4v) is 4.29. The van der Waals surface area contributed by atoms with Crippen molar-refractivity contribution in [2.45, 2.75) is 86.5 Å². The second kappa shape index (κ2) is 13.4. The van der Waals surface area contributed by atoms with E-state index in [1.165, 1.54) is 47.0 Å². The van der Waals surface area contributed by atoms with Gasteiger partial charge in [0.25, 0.3) is 0 Å². The molecule has 0 amide bonds. The molecule has 3 heteroatoms. The van der Waals surface area contributed by atoms with Crippen LogP contribution in [0.1, 0.15) is 84.1 Å². The molecule has 3 aromatic rings. The van der Waals surface area contributed by atoms with E-state index in [-0.39, 0.29) is 35.6 Å². The number of rotatable bonds is 0. The standard InChI is InChI=1S/C23H29.C5H5.C3H6.2ClH.Zr/c1-14-9-16-11-17-10-15(2)21(23(6,7)8)13-19(17)18(16)12-20(14)22(3,4)5;1-2-4-5-3-1;1-3-2;;;/h9-13H,1-8H3;1-3H,4H2;1-2H3;2*1H;/q2*-1;;;;+2/p-2. The van der Waals surface area contributed by atoms with Crippen molar-refractivity contribution in [2.24, 2.45) is 0 Å². The fraction of sp³-hybridized carbons (Fsp3) is 0.419. The summed E-state index contributed by atoms with van der Waals surface area (Å²) in [5, 5.41) is 5.55. The maximum Gasteiger partial charge on any atom is -0.0142 e. The normalized spacial score (nSPS) is 12.4. The molecule has 0 radical (unpaired) electrons. The van der Waals surface area contributed by atoms with Crippen LogP contribution in [0.3, 0.4) is 0 Å². The molecule has 0 heterocycles. The molecule has 3 aromatic carbocycles. The van der Waals surface area contributed by atoms with E-state index in [2.05, 4.69) is 112 Å². The number of hydrogen-bond acceptors (Lipinski definition) is 0. The van der Waals surface area contributed by atoms with Crippen molar-refractivity contribution in [1.29, 1.82) is 0 Å². The van der Waals surface area contributed by atoms with E-state index >= 15 is 0 Å². The number of aryl methyl sites for hydroxylation is 2. The molecule has 4 rings (SSSR count). The molecule has 1 aliphatic rings. The van der Waals surface area contributed by atoms with Crippen molar-refractivity contribution in [3.8, 4) is 0 Å². The smallest absolute Gasteiger partial charge is 0.0142 e. The van der Waals surface area contributed by atoms with Crippen molar-refractivity contribution >= 4 is 24.8 Å². The molecule has 0 aromatic heterocycles. The van der Waals surface area contributed by atoms with Crippen LogP contribution in [0.4, 0.5) is 0 Å². The second-order valence-corrected chi connectivity index (χ2v) is 13.6. The van der Waals surface area contributed by atoms with Gasteiger partial charge < -0.3 is 24.8 Å². The summed E-state index contributed by atoms with van der Waals surface area (Å²) in [5.74, 6) is 0. The van der Waals surface area contributed by atoms with Gasteiger partial charge in [-0.05, 0) is 24.7 Å². The molecule has 184 valence electrons. The van der Waals surface area contributed by atoms with Crippen molar-refractivity contribution in [2.75, 3.05) is 0 Å². The Bertz CT molecular complexity index is 1070. The average Bonchev–Trinajstić information content (AvgIpc) is 3.28. The third-order valence-electron chi connectivity index (χ3n) is 5.60. The summed E-state index contributed by atoms with van der Waals surface area (Å²) < 4.78 is 1.51. The van der Waals surface area contributed by atoms with Crippen molar-refractivity contribution in [3.05, 3.63) is 76.9 Å². The van der Waals surface area contributed by atoms with Crippen LogP contribution in [0.25, 0.3) is 21.5 Å². The molecular weight excluding hydrogens is 534 g/mol. The van der Waals surface area contributed by atoms with Gasteiger partial charge in [-0.3, -0.25) is 6.08 Å². The van der Waals surface area contributed by atoms with Crippen LogP contribution >= 0.6 is 0 Å². The summed E-state index contributed by atoms with van der Waals surface area (Å²) in [6.45, 7) is 22.5. The van der Waals surface area contributed by atoms with Crippen LogP contribution in [-0.4, -0.2) is 3.21 Å². The number of fused-ring (bicyclic) bond motifs is 3. The van der Waals surface area contributed by atoms with E-state index in [1.54, 1.807) is 24.2 Å². The Hall–Kier alpha value is -0.877. The van der Waals surface area contributed by atoms with Gasteiger partial charge in [-0.1, -0.05) is 75.9 Å². The Morgan fingerprint density at radius 1 is 0.794 bits per heavy atom. The Labute approximate surface area is 235 Å². The summed E-state index contributed by atoms with van der Waals surface area (Å²) in [6.07, 6.45) is 10.0. The fourth-order valence-electron chi connectivity index (χ4n) is 4.29. The predicted octanol–water partition coefficient (Wildman–Crippen LogP) is 2.98. The zero-order chi connectivity index (χ0) is 24.3. The maximum atomic E-state index is 2.99. The van der Waals surface area contributed by atoms with Gasteiger partial charge in [0.15, 0.2) is 0 Å². The van der Waals surface area contributed by atoms with Gasteiger partial charge >= 0.3 is 41.3 Å². The molecule has 0 fully saturated rings. The number of hydrogen-bond donors (Lipinski definition) is 0. The predicted molar refractivity (Wildman–Crippen MR) is 142 cm³/mol. The molecule has 34 heavy (non-hydrogen) atoms. The summed E-state index contributed by atoms with van der Waals surface area (Å²) in [4.78, 5) is 0. The minimum absolute atomic E-state index is 0. The first-order valence-corrected chi connectivity index (χ1v) is 12.8. The average molecular weight is 575 g/mol. The monoisotopic (exact) mass is 572 g/mol. The molecular formula is C31H40Cl2Zr-2. The van der Waals surface area contributed by atoms with E-state index in [9.17, 15) is 0 Å². The topological polar surface area (TPSA) is 0 Å². The first-order valence-electron chi connectivity index (χ1n) is 11.6. The molecule has 0 saturated heterocycles. The Morgan fingerprint density at radius 3 is 1.41 bits per heavy atom. The molecule has 0 N–H and O–H groups in total. The number of halogens is 2. The van der Waals surface area contributed by atoms with Crippen LogP contribution in [0.2, 0.25) is 0 Å². The second-order valence-electron chi connectivity index (χ2n) is 11.2. The largest absolute Gasteiger partial charge is 1.00 e. The summed E-state index contributed by atoms with van der Waals surface area (Å²) >= 11 is 1.55. The van der Waals surface area contributed by atoms with Crippen LogP contribution in [0.15, 0.2) is 48.6 Å². The van der Waals surface area contributed by atoms with Crippen LogP contribution < -0.4 is 24.8 Å². The minimum atomic E-state index is 0. The molecule has 0 spiro atoms. The molecule has 0 nitrogen and oxygen atoms in total. The molecule has 0 unspecified atom stereocenters. The Kier molecular flexibility index (Phi) is 13.1. The summed E-state index contributed by atoms with van der Waals surface area (Å²) in [5.41, 5.74) is 6.06. The zero-order valence-corrected chi connectivity index (χ0v) is 26.6. The van der Waals surface area contributed by atoms with E-state index in [4.69, 9.17) is 0 Å². The summed E-state index contributed by atoms with van der Waals surface area (Å²) in [6, 6.07) is 11.9. The van der Waals surface area contributed by atoms with Crippen LogP contribution in [0, 0.1) is 19.9 Å². The maximum absolute atomic E-state index is 2.99. The van der Waals surface area contributed by atoms with Gasteiger partial charge in [-0.15, -0.1) is 46.2 Å². The van der Waals surface area contributed by atoms with E-state index < -0.39 is 0 Å². The molecule has 0 aliphatic heterocycles. The molecule has 0 bridgehead atoms. The van der Waals surface area contributed by atoms with E-state index in [1.807, 2.05) is 12.2 Å². The third kappa shape index (κ3) is 8.97. The van der Waals surface area contributed by atoms with Crippen molar-refractivity contribution in [3.63, 3.8) is 0 Å². The Morgan fingerprint density at radius 2 is 1.18 bits per heavy atom. The number of allylic oxidation sites excluding steroid dienone is 4. The van der Waals surface area contributed by atoms with Crippen LogP contribution in [0.5, 0.6) is 0 Å². The molecule has 0 saturated carbocycles. The SMILES string of the molecule is C[C](C)=[Zr+2].Cc1cc2[cH-]c3cc(C)c(C(C)(C)C)cc3c2cc1C(C)(C)C.[C-]1=CC=CC1.[Cl-].[Cl-]. The quantitative estimate of drug-likeness (QED) is 0.363. The minimum Gasteiger partial charge on any atom is -1.00 e. The van der Waals surface area contributed by atoms with Crippen LogP contribution in [-0.2, 0) is 35.1 Å². The van der Waals surface area contributed by atoms with Crippen molar-refractivity contribution < 1.29 is 49.0 Å². The first kappa shape index (κ1) is 33.1. The van der Waals surface area contributed by atoms with Gasteiger partial charge in [-0.25, -0.2) is 12.2 Å². The van der Waals surface area contributed by atoms with Gasteiger partial charge in [-0.2, -0.15) is 6.08 Å². The van der Waals surface area contributed by atoms with Gasteiger partial charge in [0.1, 0.15) is 0 Å². The molecule has 1 aliphatic carbocycles. The summed E-state index contributed by atoms with van der Waals surface area (Å²) in [7, 11) is 0. The third-order valence-corrected chi connectivity index (χ3v) is 5.60. The van der Waals surface area contributed by atoms with Gasteiger partial charge in [0, 0.05) is 0 Å². The first-order chi connectivity index (χ1) is 14.7. The van der Waals surface area contributed by atoms with Crippen molar-refractivity contribution in [1.82, 2.24) is 0 Å². The van der Waals surface area contributed by atoms with E-state index in [0.29, 0.717) is 0 Å². The Balaban J connectivity index is 0.000000840. The van der Waals surface area contributed by atoms with E-state index in [0.717, 1.165) is 6.42 Å². The molecule has 0 atom stereocenters. The zero-order valence-electron chi connectivity index (χ0n) is 22.6. The number of benzene rings is 2. The van der Waals surface area contributed by atoms with Gasteiger partial charge in [0.2, 0.25) is 0 Å².